The molecule has 0 radical (unpaired) electrons. The first-order chi connectivity index (χ1) is 12.7. The van der Waals surface area contributed by atoms with Crippen molar-refractivity contribution in [1.82, 2.24) is 5.32 Å². The molecular weight excluding hydrogens is 346 g/mol. The van der Waals surface area contributed by atoms with Crippen LogP contribution in [0.1, 0.15) is 48.4 Å². The van der Waals surface area contributed by atoms with Gasteiger partial charge in [-0.05, 0) is 26.3 Å². The number of amides is 1. The van der Waals surface area contributed by atoms with Crippen LogP contribution in [0.25, 0.3) is 0 Å². The van der Waals surface area contributed by atoms with Crippen LogP contribution in [0.3, 0.4) is 0 Å². The maximum absolute atomic E-state index is 12.7. The zero-order valence-electron chi connectivity index (χ0n) is 15.7. The summed E-state index contributed by atoms with van der Waals surface area (Å²) in [7, 11) is 0. The molecule has 0 aliphatic rings. The van der Waals surface area contributed by atoms with Gasteiger partial charge in [-0.25, -0.2) is 4.79 Å². The summed E-state index contributed by atoms with van der Waals surface area (Å²) in [5.74, 6) is -0.252. The molecule has 1 amide bonds. The van der Waals surface area contributed by atoms with Crippen molar-refractivity contribution in [3.8, 4) is 0 Å². The number of carbonyl (C=O) groups excluding carboxylic acids is 2. The van der Waals surface area contributed by atoms with Gasteiger partial charge in [0.05, 0.1) is 0 Å². The Morgan fingerprint density at radius 3 is 2.22 bits per heavy atom. The average molecular weight is 371 g/mol. The Bertz CT molecular complexity index is 783. The quantitative estimate of drug-likeness (QED) is 0.679. The number of hydrogen-bond acceptors (Lipinski definition) is 5. The molecule has 6 nitrogen and oxygen atoms in total. The van der Waals surface area contributed by atoms with E-state index in [9.17, 15) is 19.8 Å². The highest BCUT2D eigenvalue weighted by atomic mass is 16.6. The van der Waals surface area contributed by atoms with E-state index in [-0.39, 0.29) is 12.3 Å². The molecule has 6 heteroatoms. The summed E-state index contributed by atoms with van der Waals surface area (Å²) >= 11 is 0. The molecule has 27 heavy (non-hydrogen) atoms. The number of hydrogen-bond donors (Lipinski definition) is 3. The number of carbonyl (C=O) groups is 2. The Kier molecular flexibility index (Phi) is 6.71. The maximum atomic E-state index is 12.7. The van der Waals surface area contributed by atoms with Gasteiger partial charge in [0.2, 0.25) is 0 Å². The van der Waals surface area contributed by atoms with Crippen molar-refractivity contribution in [3.05, 3.63) is 71.3 Å². The molecule has 0 saturated heterocycles. The van der Waals surface area contributed by atoms with E-state index in [0.717, 1.165) is 0 Å². The average Bonchev–Trinajstić information content (AvgIpc) is 2.64. The fourth-order valence-electron chi connectivity index (χ4n) is 2.53. The normalized spacial score (nSPS) is 13.5. The van der Waals surface area contributed by atoms with E-state index in [1.54, 1.807) is 69.3 Å². The number of ketones is 1. The van der Waals surface area contributed by atoms with Crippen LogP contribution in [0.4, 0.5) is 4.79 Å². The van der Waals surface area contributed by atoms with Gasteiger partial charge in [0.1, 0.15) is 17.8 Å². The second kappa shape index (κ2) is 8.79. The van der Waals surface area contributed by atoms with Gasteiger partial charge in [-0.15, -0.1) is 0 Å². The summed E-state index contributed by atoms with van der Waals surface area (Å²) in [6.07, 6.45) is -3.34. The predicted octanol–water partition coefficient (Wildman–Crippen LogP) is 2.84. The van der Waals surface area contributed by atoms with Crippen LogP contribution >= 0.6 is 0 Å². The standard InChI is InChI=1S/C21H25NO5/c1-21(2,3)27-20(26)22-13-17(23)19(25)16-12-8-7-11-15(16)18(24)14-9-5-4-6-10-14/h4-12,17,19,23,25H,13H2,1-3H3,(H,22,26). The minimum absolute atomic E-state index is 0.218. The van der Waals surface area contributed by atoms with Crippen LogP contribution in [0, 0.1) is 0 Å². The first kappa shape index (κ1) is 20.6. The highest BCUT2D eigenvalue weighted by Gasteiger charge is 2.25. The number of ether oxygens (including phenoxy) is 1. The Hall–Kier alpha value is -2.70. The molecule has 144 valence electrons. The van der Waals surface area contributed by atoms with E-state index in [0.29, 0.717) is 16.7 Å². The molecule has 2 aromatic rings. The number of rotatable bonds is 6. The van der Waals surface area contributed by atoms with Crippen LogP contribution in [-0.4, -0.2) is 40.3 Å². The molecule has 3 N–H and O–H groups in total. The number of benzene rings is 2. The molecule has 0 spiro atoms. The maximum Gasteiger partial charge on any atom is 0.407 e. The lowest BCUT2D eigenvalue weighted by atomic mass is 9.93. The van der Waals surface area contributed by atoms with Crippen molar-refractivity contribution >= 4 is 11.9 Å². The number of alkyl carbamates (subject to hydrolysis) is 1. The monoisotopic (exact) mass is 371 g/mol. The number of nitrogens with one attached hydrogen (secondary N) is 1. The first-order valence-corrected chi connectivity index (χ1v) is 8.70. The van der Waals surface area contributed by atoms with Crippen molar-refractivity contribution in [1.29, 1.82) is 0 Å². The molecule has 2 rings (SSSR count). The molecule has 2 aromatic carbocycles. The fraction of sp³-hybridized carbons (Fsp3) is 0.333. The van der Waals surface area contributed by atoms with Crippen LogP contribution in [0.5, 0.6) is 0 Å². The molecule has 0 bridgehead atoms. The van der Waals surface area contributed by atoms with Crippen molar-refractivity contribution in [2.75, 3.05) is 6.54 Å². The Balaban J connectivity index is 2.11. The van der Waals surface area contributed by atoms with Gasteiger partial charge < -0.3 is 20.3 Å². The molecule has 0 aromatic heterocycles. The van der Waals surface area contributed by atoms with Crippen molar-refractivity contribution in [3.63, 3.8) is 0 Å². The molecule has 2 atom stereocenters. The zero-order valence-corrected chi connectivity index (χ0v) is 15.7. The van der Waals surface area contributed by atoms with Crippen molar-refractivity contribution in [2.45, 2.75) is 38.6 Å². The van der Waals surface area contributed by atoms with Gasteiger partial charge in [0.25, 0.3) is 0 Å². The van der Waals surface area contributed by atoms with Crippen LogP contribution in [-0.2, 0) is 4.74 Å². The Labute approximate surface area is 158 Å². The second-order valence-electron chi connectivity index (χ2n) is 7.18. The summed E-state index contributed by atoms with van der Waals surface area (Å²) in [5.41, 5.74) is 0.415. The van der Waals surface area contributed by atoms with E-state index in [2.05, 4.69) is 5.32 Å². The Morgan fingerprint density at radius 1 is 1.00 bits per heavy atom. The molecule has 0 aliphatic heterocycles. The highest BCUT2D eigenvalue weighted by Crippen LogP contribution is 2.23. The molecule has 0 heterocycles. The fourth-order valence-corrected chi connectivity index (χ4v) is 2.53. The van der Waals surface area contributed by atoms with Gasteiger partial charge in [-0.2, -0.15) is 0 Å². The van der Waals surface area contributed by atoms with Crippen LogP contribution < -0.4 is 5.32 Å². The highest BCUT2D eigenvalue weighted by molar-refractivity contribution is 6.10. The van der Waals surface area contributed by atoms with E-state index in [1.165, 1.54) is 0 Å². The van der Waals surface area contributed by atoms with Gasteiger partial charge in [0, 0.05) is 17.7 Å². The lowest BCUT2D eigenvalue weighted by Gasteiger charge is -2.23. The predicted molar refractivity (Wildman–Crippen MR) is 102 cm³/mol. The topological polar surface area (TPSA) is 95.9 Å². The SMILES string of the molecule is CC(C)(C)OC(=O)NCC(O)C(O)c1ccccc1C(=O)c1ccccc1. The third kappa shape index (κ3) is 5.91. The largest absolute Gasteiger partial charge is 0.444 e. The van der Waals surface area contributed by atoms with Crippen LogP contribution in [0.2, 0.25) is 0 Å². The van der Waals surface area contributed by atoms with Gasteiger partial charge in [0.15, 0.2) is 5.78 Å². The summed E-state index contributed by atoms with van der Waals surface area (Å²) < 4.78 is 5.10. The smallest absolute Gasteiger partial charge is 0.407 e. The minimum Gasteiger partial charge on any atom is -0.444 e. The number of aliphatic hydroxyl groups is 2. The van der Waals surface area contributed by atoms with Gasteiger partial charge >= 0.3 is 6.09 Å². The van der Waals surface area contributed by atoms with Gasteiger partial charge in [-0.1, -0.05) is 54.6 Å². The van der Waals surface area contributed by atoms with E-state index >= 15 is 0 Å². The van der Waals surface area contributed by atoms with E-state index < -0.39 is 23.9 Å². The molecule has 0 saturated carbocycles. The van der Waals surface area contributed by atoms with E-state index in [4.69, 9.17) is 4.74 Å². The van der Waals surface area contributed by atoms with Gasteiger partial charge in [-0.3, -0.25) is 4.79 Å². The molecule has 2 unspecified atom stereocenters. The number of aliphatic hydroxyl groups excluding tert-OH is 2. The molecule has 0 fully saturated rings. The summed E-state index contributed by atoms with van der Waals surface area (Å²) in [5, 5.41) is 23.2. The minimum atomic E-state index is -1.34. The second-order valence-corrected chi connectivity index (χ2v) is 7.18. The molecule has 0 aliphatic carbocycles. The first-order valence-electron chi connectivity index (χ1n) is 8.70. The third-order valence-electron chi connectivity index (χ3n) is 3.78. The molecular formula is C21H25NO5. The van der Waals surface area contributed by atoms with Crippen molar-refractivity contribution < 1.29 is 24.5 Å². The van der Waals surface area contributed by atoms with Crippen molar-refractivity contribution in [2.24, 2.45) is 0 Å². The summed E-state index contributed by atoms with van der Waals surface area (Å²) in [6, 6.07) is 15.2. The lowest BCUT2D eigenvalue weighted by molar-refractivity contribution is 0.0126. The van der Waals surface area contributed by atoms with E-state index in [1.807, 2.05) is 6.07 Å². The summed E-state index contributed by atoms with van der Waals surface area (Å²) in [4.78, 5) is 24.4. The Morgan fingerprint density at radius 2 is 1.59 bits per heavy atom. The zero-order chi connectivity index (χ0) is 20.0. The summed E-state index contributed by atoms with van der Waals surface area (Å²) in [6.45, 7) is 4.96. The lowest BCUT2D eigenvalue weighted by Crippen LogP contribution is -2.39. The third-order valence-corrected chi connectivity index (χ3v) is 3.78. The van der Waals surface area contributed by atoms with Crippen LogP contribution in [0.15, 0.2) is 54.6 Å².